The molecule has 0 heterocycles. The molecule has 0 atom stereocenters. The van der Waals surface area contributed by atoms with Gasteiger partial charge >= 0.3 is 0 Å². The lowest BCUT2D eigenvalue weighted by Gasteiger charge is -2.15. The summed E-state index contributed by atoms with van der Waals surface area (Å²) < 4.78 is 11.0. The number of hydrogen-bond acceptors (Lipinski definition) is 4. The van der Waals surface area contributed by atoms with Crippen molar-refractivity contribution < 1.29 is 19.1 Å². The zero-order valence-corrected chi connectivity index (χ0v) is 17.5. The van der Waals surface area contributed by atoms with Gasteiger partial charge in [-0.25, -0.2) is 0 Å². The van der Waals surface area contributed by atoms with Crippen LogP contribution in [0.15, 0.2) is 48.5 Å². The topological polar surface area (TPSA) is 76.7 Å². The van der Waals surface area contributed by atoms with Crippen LogP contribution in [0.4, 0.5) is 0 Å². The third kappa shape index (κ3) is 7.50. The number of halogens is 1. The Kier molecular flexibility index (Phi) is 8.55. The molecule has 0 aliphatic carbocycles. The summed E-state index contributed by atoms with van der Waals surface area (Å²) in [5.41, 5.74) is 1.66. The molecule has 0 fully saturated rings. The highest BCUT2D eigenvalue weighted by molar-refractivity contribution is 6.32. The first-order chi connectivity index (χ1) is 13.9. The van der Waals surface area contributed by atoms with E-state index in [9.17, 15) is 9.59 Å². The summed E-state index contributed by atoms with van der Waals surface area (Å²) in [5.74, 6) is 0.278. The minimum absolute atomic E-state index is 0.0541. The summed E-state index contributed by atoms with van der Waals surface area (Å²) in [6.07, 6.45) is 2.87. The van der Waals surface area contributed by atoms with E-state index < -0.39 is 5.91 Å². The van der Waals surface area contributed by atoms with E-state index in [-0.39, 0.29) is 18.6 Å². The Morgan fingerprint density at radius 3 is 2.52 bits per heavy atom. The lowest BCUT2D eigenvalue weighted by atomic mass is 10.2. The van der Waals surface area contributed by atoms with Crippen molar-refractivity contribution in [2.45, 2.75) is 26.5 Å². The number of rotatable bonds is 9. The van der Waals surface area contributed by atoms with Gasteiger partial charge in [-0.2, -0.15) is 0 Å². The van der Waals surface area contributed by atoms with Crippen LogP contribution in [0.1, 0.15) is 25.0 Å². The molecule has 2 aromatic carbocycles. The van der Waals surface area contributed by atoms with Crippen molar-refractivity contribution in [3.63, 3.8) is 0 Å². The first-order valence-corrected chi connectivity index (χ1v) is 9.57. The fourth-order valence-electron chi connectivity index (χ4n) is 2.44. The molecule has 154 valence electrons. The number of hydrogen-bond donors (Lipinski definition) is 2. The molecule has 0 unspecified atom stereocenters. The molecule has 6 nitrogen and oxygen atoms in total. The Morgan fingerprint density at radius 1 is 1.14 bits per heavy atom. The Bertz CT molecular complexity index is 867. The molecule has 29 heavy (non-hydrogen) atoms. The van der Waals surface area contributed by atoms with E-state index in [1.54, 1.807) is 18.2 Å². The molecule has 0 bridgehead atoms. The molecule has 2 rings (SSSR count). The molecule has 0 saturated carbocycles. The molecule has 0 aliphatic rings. The van der Waals surface area contributed by atoms with Crippen LogP contribution in [0.25, 0.3) is 6.08 Å². The zero-order valence-electron chi connectivity index (χ0n) is 16.7. The fraction of sp³-hybridized carbons (Fsp3) is 0.273. The number of benzene rings is 2. The number of nitrogens with one attached hydrogen (secondary N) is 2. The van der Waals surface area contributed by atoms with E-state index in [0.717, 1.165) is 5.56 Å². The number of methoxy groups -OCH3 is 1. The molecule has 2 amide bonds. The van der Waals surface area contributed by atoms with Gasteiger partial charge in [-0.05, 0) is 43.2 Å². The number of carbonyl (C=O) groups excluding carboxylic acids is 2. The van der Waals surface area contributed by atoms with Gasteiger partial charge < -0.3 is 20.1 Å². The van der Waals surface area contributed by atoms with Crippen LogP contribution in [0, 0.1) is 0 Å². The fourth-order valence-corrected chi connectivity index (χ4v) is 2.71. The molecule has 0 saturated heterocycles. The van der Waals surface area contributed by atoms with Crippen molar-refractivity contribution in [1.82, 2.24) is 10.6 Å². The highest BCUT2D eigenvalue weighted by Crippen LogP contribution is 2.37. The van der Waals surface area contributed by atoms with Gasteiger partial charge in [0, 0.05) is 12.6 Å². The largest absolute Gasteiger partial charge is 0.493 e. The van der Waals surface area contributed by atoms with Crippen LogP contribution in [0.5, 0.6) is 11.5 Å². The third-order valence-electron chi connectivity index (χ3n) is 3.79. The average Bonchev–Trinajstić information content (AvgIpc) is 2.71. The summed E-state index contributed by atoms with van der Waals surface area (Å²) in [7, 11) is 1.52. The van der Waals surface area contributed by atoms with Crippen LogP contribution in [0.3, 0.4) is 0 Å². The van der Waals surface area contributed by atoms with Crippen molar-refractivity contribution in [1.29, 1.82) is 0 Å². The second-order valence-electron chi connectivity index (χ2n) is 6.51. The lowest BCUT2D eigenvalue weighted by molar-refractivity contribution is -0.124. The van der Waals surface area contributed by atoms with Crippen molar-refractivity contribution in [3.8, 4) is 11.5 Å². The maximum Gasteiger partial charge on any atom is 0.244 e. The first kappa shape index (κ1) is 22.3. The lowest BCUT2D eigenvalue weighted by Crippen LogP contribution is -2.35. The van der Waals surface area contributed by atoms with E-state index in [1.807, 2.05) is 44.2 Å². The Balaban J connectivity index is 1.88. The molecule has 0 radical (unpaired) electrons. The number of ether oxygens (including phenoxy) is 2. The second-order valence-corrected chi connectivity index (χ2v) is 6.92. The van der Waals surface area contributed by atoms with E-state index in [4.69, 9.17) is 21.1 Å². The van der Waals surface area contributed by atoms with Gasteiger partial charge in [0.25, 0.3) is 0 Å². The van der Waals surface area contributed by atoms with E-state index >= 15 is 0 Å². The summed E-state index contributed by atoms with van der Waals surface area (Å²) in [6, 6.07) is 12.9. The van der Waals surface area contributed by atoms with Crippen LogP contribution < -0.4 is 20.1 Å². The van der Waals surface area contributed by atoms with Gasteiger partial charge in [-0.1, -0.05) is 41.9 Å². The Hall–Kier alpha value is -2.99. The second kappa shape index (κ2) is 11.1. The van der Waals surface area contributed by atoms with Crippen molar-refractivity contribution in [2.75, 3.05) is 13.7 Å². The third-order valence-corrected chi connectivity index (χ3v) is 4.07. The minimum Gasteiger partial charge on any atom is -0.493 e. The molecule has 2 aromatic rings. The summed E-state index contributed by atoms with van der Waals surface area (Å²) in [4.78, 5) is 23.8. The summed E-state index contributed by atoms with van der Waals surface area (Å²) >= 11 is 6.27. The van der Waals surface area contributed by atoms with Crippen LogP contribution in [0.2, 0.25) is 5.02 Å². The molecule has 7 heteroatoms. The number of carbonyl (C=O) groups is 2. The standard InChI is InChI=1S/C22H25ClN2O4/c1-15(2)29-22-18(23)11-17(12-19(22)28-3)9-10-20(26)25-14-21(27)24-13-16-7-5-4-6-8-16/h4-12,15H,13-14H2,1-3H3,(H,24,27)(H,25,26)/b10-9+. The Morgan fingerprint density at radius 2 is 1.86 bits per heavy atom. The van der Waals surface area contributed by atoms with E-state index in [2.05, 4.69) is 10.6 Å². The smallest absolute Gasteiger partial charge is 0.244 e. The Labute approximate surface area is 175 Å². The quantitative estimate of drug-likeness (QED) is 0.612. The van der Waals surface area contributed by atoms with Gasteiger partial charge in [0.05, 0.1) is 24.8 Å². The van der Waals surface area contributed by atoms with Gasteiger partial charge in [-0.15, -0.1) is 0 Å². The van der Waals surface area contributed by atoms with Crippen molar-refractivity contribution >= 4 is 29.5 Å². The predicted octanol–water partition coefficient (Wildman–Crippen LogP) is 3.58. The number of amides is 2. The van der Waals surface area contributed by atoms with Crippen molar-refractivity contribution in [3.05, 3.63) is 64.7 Å². The maximum absolute atomic E-state index is 12.0. The predicted molar refractivity (Wildman–Crippen MR) is 114 cm³/mol. The molecule has 0 aliphatic heterocycles. The molecule has 0 spiro atoms. The monoisotopic (exact) mass is 416 g/mol. The summed E-state index contributed by atoms with van der Waals surface area (Å²) in [6.45, 7) is 4.09. The van der Waals surface area contributed by atoms with Gasteiger partial charge in [0.15, 0.2) is 11.5 Å². The normalized spacial score (nSPS) is 10.8. The van der Waals surface area contributed by atoms with Crippen LogP contribution in [-0.2, 0) is 16.1 Å². The van der Waals surface area contributed by atoms with Gasteiger partial charge in [0.1, 0.15) is 0 Å². The maximum atomic E-state index is 12.0. The van der Waals surface area contributed by atoms with Crippen LogP contribution >= 0.6 is 11.6 Å². The first-order valence-electron chi connectivity index (χ1n) is 9.19. The van der Waals surface area contributed by atoms with Gasteiger partial charge in [-0.3, -0.25) is 9.59 Å². The van der Waals surface area contributed by atoms with E-state index in [0.29, 0.717) is 28.6 Å². The highest BCUT2D eigenvalue weighted by Gasteiger charge is 2.13. The summed E-state index contributed by atoms with van der Waals surface area (Å²) in [5, 5.41) is 5.68. The highest BCUT2D eigenvalue weighted by atomic mass is 35.5. The van der Waals surface area contributed by atoms with E-state index in [1.165, 1.54) is 13.2 Å². The van der Waals surface area contributed by atoms with Gasteiger partial charge in [0.2, 0.25) is 11.8 Å². The zero-order chi connectivity index (χ0) is 21.2. The average molecular weight is 417 g/mol. The minimum atomic E-state index is -0.391. The van der Waals surface area contributed by atoms with Crippen LogP contribution in [-0.4, -0.2) is 31.6 Å². The molecule has 2 N–H and O–H groups in total. The SMILES string of the molecule is COc1cc(/C=C/C(=O)NCC(=O)NCc2ccccc2)cc(Cl)c1OC(C)C. The molecular formula is C22H25ClN2O4. The van der Waals surface area contributed by atoms with Crippen molar-refractivity contribution in [2.24, 2.45) is 0 Å². The molecule has 0 aromatic heterocycles. The molecular weight excluding hydrogens is 392 g/mol.